The van der Waals surface area contributed by atoms with Crippen LogP contribution in [0.2, 0.25) is 0 Å². The highest BCUT2D eigenvalue weighted by molar-refractivity contribution is 5.75. The monoisotopic (exact) mass is 276 g/mol. The standard InChI is InChI=1S/C16H24N2O2/c1-3-5-10-20-12-13(19)11-18-15-9-7-6-8-14(15)17-16(18)4-2/h6-9,13,19H,3-5,10-12H2,1-2H3. The van der Waals surface area contributed by atoms with E-state index in [4.69, 9.17) is 4.74 Å². The summed E-state index contributed by atoms with van der Waals surface area (Å²) >= 11 is 0. The fourth-order valence-corrected chi connectivity index (χ4v) is 2.33. The lowest BCUT2D eigenvalue weighted by molar-refractivity contribution is 0.0273. The maximum absolute atomic E-state index is 10.1. The van der Waals surface area contributed by atoms with E-state index in [0.717, 1.165) is 42.7 Å². The van der Waals surface area contributed by atoms with E-state index in [9.17, 15) is 5.11 Å². The number of rotatable bonds is 8. The summed E-state index contributed by atoms with van der Waals surface area (Å²) < 4.78 is 7.59. The molecule has 0 fully saturated rings. The van der Waals surface area contributed by atoms with Crippen molar-refractivity contribution in [2.24, 2.45) is 0 Å². The van der Waals surface area contributed by atoms with E-state index in [2.05, 4.69) is 23.4 Å². The largest absolute Gasteiger partial charge is 0.389 e. The highest BCUT2D eigenvalue weighted by Crippen LogP contribution is 2.17. The number of aliphatic hydroxyl groups excluding tert-OH is 1. The Balaban J connectivity index is 2.04. The van der Waals surface area contributed by atoms with E-state index < -0.39 is 6.10 Å². The van der Waals surface area contributed by atoms with Crippen LogP contribution in [0.4, 0.5) is 0 Å². The molecule has 0 radical (unpaired) electrons. The van der Waals surface area contributed by atoms with Gasteiger partial charge >= 0.3 is 0 Å². The maximum atomic E-state index is 10.1. The molecule has 20 heavy (non-hydrogen) atoms. The molecule has 0 bridgehead atoms. The van der Waals surface area contributed by atoms with Crippen LogP contribution in [0.25, 0.3) is 11.0 Å². The molecule has 4 heteroatoms. The molecule has 0 aliphatic heterocycles. The highest BCUT2D eigenvalue weighted by atomic mass is 16.5. The molecular formula is C16H24N2O2. The number of hydrogen-bond donors (Lipinski definition) is 1. The predicted molar refractivity (Wildman–Crippen MR) is 80.8 cm³/mol. The van der Waals surface area contributed by atoms with Gasteiger partial charge in [0.2, 0.25) is 0 Å². The van der Waals surface area contributed by atoms with Crippen LogP contribution < -0.4 is 0 Å². The Hall–Kier alpha value is -1.39. The summed E-state index contributed by atoms with van der Waals surface area (Å²) in [6.07, 6.45) is 2.52. The van der Waals surface area contributed by atoms with E-state index in [-0.39, 0.29) is 0 Å². The van der Waals surface area contributed by atoms with Crippen molar-refractivity contribution in [3.05, 3.63) is 30.1 Å². The number of hydrogen-bond acceptors (Lipinski definition) is 3. The van der Waals surface area contributed by atoms with Gasteiger partial charge in [-0.1, -0.05) is 32.4 Å². The van der Waals surface area contributed by atoms with Crippen LogP contribution in [0.3, 0.4) is 0 Å². The molecule has 1 heterocycles. The average molecular weight is 276 g/mol. The lowest BCUT2D eigenvalue weighted by atomic mass is 10.3. The Morgan fingerprint density at radius 2 is 2.10 bits per heavy atom. The highest BCUT2D eigenvalue weighted by Gasteiger charge is 2.13. The molecule has 1 aromatic heterocycles. The third kappa shape index (κ3) is 3.58. The third-order valence-corrected chi connectivity index (χ3v) is 3.40. The first-order valence-corrected chi connectivity index (χ1v) is 7.46. The number of benzene rings is 1. The van der Waals surface area contributed by atoms with Gasteiger partial charge in [0.05, 0.1) is 30.3 Å². The number of unbranched alkanes of at least 4 members (excludes halogenated alkanes) is 1. The van der Waals surface area contributed by atoms with E-state index in [0.29, 0.717) is 13.2 Å². The number of aryl methyl sites for hydroxylation is 1. The van der Waals surface area contributed by atoms with Crippen LogP contribution >= 0.6 is 0 Å². The van der Waals surface area contributed by atoms with Gasteiger partial charge < -0.3 is 14.4 Å². The molecule has 1 atom stereocenters. The molecule has 2 rings (SSSR count). The van der Waals surface area contributed by atoms with Gasteiger partial charge in [0.1, 0.15) is 5.82 Å². The molecule has 0 saturated heterocycles. The van der Waals surface area contributed by atoms with Crippen molar-refractivity contribution in [3.8, 4) is 0 Å². The van der Waals surface area contributed by atoms with E-state index in [1.807, 2.05) is 24.3 Å². The zero-order valence-corrected chi connectivity index (χ0v) is 12.4. The number of ether oxygens (including phenoxy) is 1. The summed E-state index contributed by atoms with van der Waals surface area (Å²) in [5.74, 6) is 1.01. The Kier molecular flexibility index (Phi) is 5.56. The molecule has 0 spiro atoms. The van der Waals surface area contributed by atoms with Gasteiger partial charge in [0.25, 0.3) is 0 Å². The number of imidazole rings is 1. The summed E-state index contributed by atoms with van der Waals surface area (Å²) in [6.45, 7) is 5.86. The minimum atomic E-state index is -0.491. The third-order valence-electron chi connectivity index (χ3n) is 3.40. The molecular weight excluding hydrogens is 252 g/mol. The van der Waals surface area contributed by atoms with Crippen molar-refractivity contribution < 1.29 is 9.84 Å². The second-order valence-corrected chi connectivity index (χ2v) is 5.06. The first-order chi connectivity index (χ1) is 9.76. The van der Waals surface area contributed by atoms with Crippen molar-refractivity contribution >= 4 is 11.0 Å². The van der Waals surface area contributed by atoms with Crippen LogP contribution in [-0.2, 0) is 17.7 Å². The zero-order chi connectivity index (χ0) is 14.4. The normalized spacial score (nSPS) is 12.9. The summed E-state index contributed by atoms with van der Waals surface area (Å²) in [6, 6.07) is 8.05. The molecule has 0 aliphatic carbocycles. The molecule has 0 amide bonds. The lowest BCUT2D eigenvalue weighted by Crippen LogP contribution is -2.23. The number of fused-ring (bicyclic) bond motifs is 1. The van der Waals surface area contributed by atoms with E-state index in [1.54, 1.807) is 0 Å². The average Bonchev–Trinajstić information content (AvgIpc) is 2.82. The fourth-order valence-electron chi connectivity index (χ4n) is 2.33. The molecule has 110 valence electrons. The van der Waals surface area contributed by atoms with Crippen LogP contribution in [0.5, 0.6) is 0 Å². The van der Waals surface area contributed by atoms with Crippen LogP contribution in [0.15, 0.2) is 24.3 Å². The Morgan fingerprint density at radius 1 is 1.30 bits per heavy atom. The summed E-state index contributed by atoms with van der Waals surface area (Å²) in [7, 11) is 0. The van der Waals surface area contributed by atoms with Crippen LogP contribution in [0.1, 0.15) is 32.5 Å². The SMILES string of the molecule is CCCCOCC(O)Cn1c(CC)nc2ccccc21. The second kappa shape index (κ2) is 7.41. The first kappa shape index (κ1) is 15.0. The Labute approximate surface area is 120 Å². The molecule has 1 unspecified atom stereocenters. The number of nitrogens with zero attached hydrogens (tertiary/aromatic N) is 2. The van der Waals surface area contributed by atoms with Gasteiger partial charge in [-0.2, -0.15) is 0 Å². The van der Waals surface area contributed by atoms with Crippen LogP contribution in [-0.4, -0.2) is 34.0 Å². The van der Waals surface area contributed by atoms with Crippen LogP contribution in [0, 0.1) is 0 Å². The van der Waals surface area contributed by atoms with Crippen molar-refractivity contribution in [2.75, 3.05) is 13.2 Å². The number of aliphatic hydroxyl groups is 1. The van der Waals surface area contributed by atoms with Crippen molar-refractivity contribution in [3.63, 3.8) is 0 Å². The van der Waals surface area contributed by atoms with E-state index >= 15 is 0 Å². The molecule has 4 nitrogen and oxygen atoms in total. The Morgan fingerprint density at radius 3 is 2.85 bits per heavy atom. The summed E-state index contributed by atoms with van der Waals surface area (Å²) in [4.78, 5) is 4.60. The molecule has 0 aliphatic rings. The smallest absolute Gasteiger partial charge is 0.109 e. The summed E-state index contributed by atoms with van der Waals surface area (Å²) in [5, 5.41) is 10.1. The van der Waals surface area contributed by atoms with Crippen molar-refractivity contribution in [2.45, 2.75) is 45.8 Å². The minimum Gasteiger partial charge on any atom is -0.389 e. The first-order valence-electron chi connectivity index (χ1n) is 7.46. The van der Waals surface area contributed by atoms with Gasteiger partial charge in [-0.15, -0.1) is 0 Å². The summed E-state index contributed by atoms with van der Waals surface area (Å²) in [5.41, 5.74) is 2.07. The topological polar surface area (TPSA) is 47.3 Å². The van der Waals surface area contributed by atoms with E-state index in [1.165, 1.54) is 0 Å². The Bertz CT molecular complexity index is 536. The van der Waals surface area contributed by atoms with Gasteiger partial charge in [-0.25, -0.2) is 4.98 Å². The minimum absolute atomic E-state index is 0.385. The van der Waals surface area contributed by atoms with Gasteiger partial charge in [-0.3, -0.25) is 0 Å². The van der Waals surface area contributed by atoms with Gasteiger partial charge in [0.15, 0.2) is 0 Å². The quantitative estimate of drug-likeness (QED) is 0.754. The molecule has 1 aromatic carbocycles. The zero-order valence-electron chi connectivity index (χ0n) is 12.4. The number of aromatic nitrogens is 2. The molecule has 1 N–H and O–H groups in total. The van der Waals surface area contributed by atoms with Crippen molar-refractivity contribution in [1.29, 1.82) is 0 Å². The lowest BCUT2D eigenvalue weighted by Gasteiger charge is -2.14. The molecule has 2 aromatic rings. The number of para-hydroxylation sites is 2. The predicted octanol–water partition coefficient (Wildman–Crippen LogP) is 2.78. The van der Waals surface area contributed by atoms with Crippen molar-refractivity contribution in [1.82, 2.24) is 9.55 Å². The fraction of sp³-hybridized carbons (Fsp3) is 0.562. The second-order valence-electron chi connectivity index (χ2n) is 5.06. The molecule has 0 saturated carbocycles. The van der Waals surface area contributed by atoms with Gasteiger partial charge in [0, 0.05) is 13.0 Å². The van der Waals surface area contributed by atoms with Gasteiger partial charge in [-0.05, 0) is 18.6 Å². The maximum Gasteiger partial charge on any atom is 0.109 e.